The van der Waals surface area contributed by atoms with Gasteiger partial charge in [0, 0.05) is 18.7 Å². The summed E-state index contributed by atoms with van der Waals surface area (Å²) in [5, 5.41) is 10.9. The van der Waals surface area contributed by atoms with Crippen LogP contribution in [0.3, 0.4) is 0 Å². The van der Waals surface area contributed by atoms with Crippen LogP contribution in [-0.4, -0.2) is 23.6 Å². The third-order valence-electron chi connectivity index (χ3n) is 5.22. The summed E-state index contributed by atoms with van der Waals surface area (Å²) in [7, 11) is 0. The molecule has 0 saturated carbocycles. The Hall–Kier alpha value is -4.01. The molecular weight excluding hydrogens is 410 g/mol. The Balaban J connectivity index is 1.88. The van der Waals surface area contributed by atoms with E-state index >= 15 is 0 Å². The fraction of sp³-hybridized carbons (Fsp3) is 0.261. The average Bonchev–Trinajstić information content (AvgIpc) is 3.18. The molecule has 9 nitrogen and oxygen atoms in total. The van der Waals surface area contributed by atoms with E-state index in [2.05, 4.69) is 4.98 Å². The fourth-order valence-corrected chi connectivity index (χ4v) is 3.72. The molecular formula is C23H23N5O4. The minimum absolute atomic E-state index is 0.00719. The lowest BCUT2D eigenvalue weighted by Crippen LogP contribution is -2.41. The van der Waals surface area contributed by atoms with Crippen LogP contribution in [-0.2, 0) is 19.6 Å². The fourth-order valence-electron chi connectivity index (χ4n) is 3.72. The van der Waals surface area contributed by atoms with E-state index in [-0.39, 0.29) is 24.7 Å². The molecule has 0 radical (unpaired) electrons. The maximum atomic E-state index is 13.4. The SMILES string of the molecule is CC(C)Cn1cnc2c1c(=O)n(Cc1ccc([N+](=O)[O-])cc1)c(=O)n2Cc1ccccc1. The second kappa shape index (κ2) is 8.62. The summed E-state index contributed by atoms with van der Waals surface area (Å²) in [4.78, 5) is 41.6. The van der Waals surface area contributed by atoms with Gasteiger partial charge in [0.2, 0.25) is 0 Å². The number of aromatic nitrogens is 4. The van der Waals surface area contributed by atoms with E-state index < -0.39 is 16.2 Å². The molecule has 2 aromatic heterocycles. The lowest BCUT2D eigenvalue weighted by atomic mass is 10.2. The van der Waals surface area contributed by atoms with E-state index in [1.807, 2.05) is 44.2 Å². The van der Waals surface area contributed by atoms with Crippen LogP contribution in [0.4, 0.5) is 5.69 Å². The Morgan fingerprint density at radius 1 is 0.938 bits per heavy atom. The standard InChI is InChI=1S/C23H23N5O4/c1-16(2)12-25-15-24-21-20(25)22(29)27(14-18-8-10-19(11-9-18)28(31)32)23(30)26(21)13-17-6-4-3-5-7-17/h3-11,15-16H,12-14H2,1-2H3. The molecule has 0 amide bonds. The Kier molecular flexibility index (Phi) is 5.72. The van der Waals surface area contributed by atoms with E-state index in [0.29, 0.717) is 23.3 Å². The van der Waals surface area contributed by atoms with Crippen molar-refractivity contribution < 1.29 is 4.92 Å². The van der Waals surface area contributed by atoms with Crippen molar-refractivity contribution in [3.8, 4) is 0 Å². The number of nitrogens with zero attached hydrogens (tertiary/aromatic N) is 5. The van der Waals surface area contributed by atoms with Crippen molar-refractivity contribution in [3.63, 3.8) is 0 Å². The first-order valence-corrected chi connectivity index (χ1v) is 10.3. The van der Waals surface area contributed by atoms with Gasteiger partial charge in [-0.1, -0.05) is 56.3 Å². The summed E-state index contributed by atoms with van der Waals surface area (Å²) in [6, 6.07) is 15.3. The monoisotopic (exact) mass is 433 g/mol. The second-order valence-corrected chi connectivity index (χ2v) is 8.13. The minimum Gasteiger partial charge on any atom is -0.324 e. The topological polar surface area (TPSA) is 105 Å². The third kappa shape index (κ3) is 4.09. The Labute approximate surface area is 183 Å². The highest BCUT2D eigenvalue weighted by atomic mass is 16.6. The molecule has 0 unspecified atom stereocenters. The van der Waals surface area contributed by atoms with Crippen molar-refractivity contribution in [1.29, 1.82) is 0 Å². The van der Waals surface area contributed by atoms with E-state index in [9.17, 15) is 19.7 Å². The zero-order chi connectivity index (χ0) is 22.8. The molecule has 0 saturated heterocycles. The number of fused-ring (bicyclic) bond motifs is 1. The van der Waals surface area contributed by atoms with Gasteiger partial charge in [-0.3, -0.25) is 24.0 Å². The molecule has 0 fully saturated rings. The second-order valence-electron chi connectivity index (χ2n) is 8.13. The first-order valence-electron chi connectivity index (χ1n) is 10.3. The van der Waals surface area contributed by atoms with Gasteiger partial charge in [0.05, 0.1) is 24.3 Å². The first-order chi connectivity index (χ1) is 15.3. The summed E-state index contributed by atoms with van der Waals surface area (Å²) >= 11 is 0. The quantitative estimate of drug-likeness (QED) is 0.329. The molecule has 9 heteroatoms. The normalized spacial score (nSPS) is 11.3. The Morgan fingerprint density at radius 3 is 2.19 bits per heavy atom. The number of hydrogen-bond donors (Lipinski definition) is 0. The van der Waals surface area contributed by atoms with Crippen LogP contribution < -0.4 is 11.2 Å². The molecule has 32 heavy (non-hydrogen) atoms. The van der Waals surface area contributed by atoms with Crippen LogP contribution in [0, 0.1) is 16.0 Å². The van der Waals surface area contributed by atoms with Crippen LogP contribution in [0.15, 0.2) is 70.5 Å². The molecule has 0 aliphatic rings. The van der Waals surface area contributed by atoms with Gasteiger partial charge in [-0.2, -0.15) is 0 Å². The summed E-state index contributed by atoms with van der Waals surface area (Å²) < 4.78 is 4.47. The maximum Gasteiger partial charge on any atom is 0.333 e. The van der Waals surface area contributed by atoms with Crippen LogP contribution in [0.25, 0.3) is 11.2 Å². The number of non-ortho nitro benzene ring substituents is 1. The highest BCUT2D eigenvalue weighted by Gasteiger charge is 2.19. The van der Waals surface area contributed by atoms with Crippen LogP contribution in [0.5, 0.6) is 0 Å². The smallest absolute Gasteiger partial charge is 0.324 e. The number of rotatable bonds is 7. The van der Waals surface area contributed by atoms with Gasteiger partial charge < -0.3 is 4.57 Å². The summed E-state index contributed by atoms with van der Waals surface area (Å²) in [5.41, 5.74) is 1.31. The van der Waals surface area contributed by atoms with Gasteiger partial charge in [0.25, 0.3) is 11.2 Å². The molecule has 2 heterocycles. The van der Waals surface area contributed by atoms with E-state index in [4.69, 9.17) is 0 Å². The van der Waals surface area contributed by atoms with Crippen molar-refractivity contribution in [2.45, 2.75) is 33.5 Å². The summed E-state index contributed by atoms with van der Waals surface area (Å²) in [6.45, 7) is 4.96. The predicted molar refractivity (Wildman–Crippen MR) is 121 cm³/mol. The van der Waals surface area contributed by atoms with Crippen LogP contribution in [0.2, 0.25) is 0 Å². The molecule has 0 aliphatic heterocycles. The van der Waals surface area contributed by atoms with Crippen molar-refractivity contribution >= 4 is 16.9 Å². The largest absolute Gasteiger partial charge is 0.333 e. The van der Waals surface area contributed by atoms with Gasteiger partial charge in [-0.05, 0) is 17.0 Å². The predicted octanol–water partition coefficient (Wildman–Crippen LogP) is 3.02. The first kappa shape index (κ1) is 21.2. The summed E-state index contributed by atoms with van der Waals surface area (Å²) in [5.74, 6) is 0.282. The number of hydrogen-bond acceptors (Lipinski definition) is 5. The lowest BCUT2D eigenvalue weighted by molar-refractivity contribution is -0.384. The highest BCUT2D eigenvalue weighted by molar-refractivity contribution is 5.70. The molecule has 0 N–H and O–H groups in total. The van der Waals surface area contributed by atoms with Crippen molar-refractivity contribution in [3.05, 3.63) is 103 Å². The average molecular weight is 433 g/mol. The molecule has 2 aromatic carbocycles. The molecule has 0 spiro atoms. The van der Waals surface area contributed by atoms with Gasteiger partial charge in [-0.25, -0.2) is 9.78 Å². The maximum absolute atomic E-state index is 13.4. The van der Waals surface area contributed by atoms with Gasteiger partial charge in [0.15, 0.2) is 11.2 Å². The zero-order valence-electron chi connectivity index (χ0n) is 17.8. The number of nitro groups is 1. The number of benzene rings is 2. The van der Waals surface area contributed by atoms with Gasteiger partial charge in [-0.15, -0.1) is 0 Å². The molecule has 0 bridgehead atoms. The number of imidazole rings is 1. The third-order valence-corrected chi connectivity index (χ3v) is 5.22. The van der Waals surface area contributed by atoms with Crippen molar-refractivity contribution in [2.75, 3.05) is 0 Å². The van der Waals surface area contributed by atoms with E-state index in [1.54, 1.807) is 23.0 Å². The van der Waals surface area contributed by atoms with Crippen LogP contribution >= 0.6 is 0 Å². The molecule has 164 valence electrons. The Bertz CT molecular complexity index is 1380. The highest BCUT2D eigenvalue weighted by Crippen LogP contribution is 2.14. The van der Waals surface area contributed by atoms with Crippen molar-refractivity contribution in [2.24, 2.45) is 5.92 Å². The molecule has 0 atom stereocenters. The molecule has 0 aliphatic carbocycles. The summed E-state index contributed by atoms with van der Waals surface area (Å²) in [6.07, 6.45) is 1.60. The van der Waals surface area contributed by atoms with Gasteiger partial charge in [0.1, 0.15) is 0 Å². The number of nitro benzene ring substituents is 1. The molecule has 4 rings (SSSR count). The van der Waals surface area contributed by atoms with E-state index in [0.717, 1.165) is 5.56 Å². The van der Waals surface area contributed by atoms with Crippen molar-refractivity contribution in [1.82, 2.24) is 18.7 Å². The minimum atomic E-state index is -0.487. The lowest BCUT2D eigenvalue weighted by Gasteiger charge is -2.13. The zero-order valence-corrected chi connectivity index (χ0v) is 17.8. The van der Waals surface area contributed by atoms with E-state index in [1.165, 1.54) is 21.3 Å². The Morgan fingerprint density at radius 2 is 1.56 bits per heavy atom. The van der Waals surface area contributed by atoms with Gasteiger partial charge >= 0.3 is 5.69 Å². The van der Waals surface area contributed by atoms with Crippen LogP contribution in [0.1, 0.15) is 25.0 Å². The molecule has 4 aromatic rings.